The monoisotopic (exact) mass is 295 g/mol. The number of nitrogens with one attached hydrogen (secondary N) is 1. The maximum Gasteiger partial charge on any atom is 0.226 e. The van der Waals surface area contributed by atoms with Gasteiger partial charge in [0.2, 0.25) is 5.91 Å². The predicted octanol–water partition coefficient (Wildman–Crippen LogP) is 2.53. The van der Waals surface area contributed by atoms with E-state index in [0.717, 1.165) is 43.1 Å². The highest BCUT2D eigenvalue weighted by Crippen LogP contribution is 2.30. The molecule has 1 unspecified atom stereocenters. The van der Waals surface area contributed by atoms with Crippen LogP contribution in [0.4, 0.5) is 0 Å². The van der Waals surface area contributed by atoms with Gasteiger partial charge in [-0.1, -0.05) is 6.92 Å². The van der Waals surface area contributed by atoms with Crippen molar-refractivity contribution in [1.29, 1.82) is 0 Å². The fourth-order valence-electron chi connectivity index (χ4n) is 2.73. The summed E-state index contributed by atoms with van der Waals surface area (Å²) in [5.41, 5.74) is 1.07. The van der Waals surface area contributed by atoms with Gasteiger partial charge < -0.3 is 10.2 Å². The van der Waals surface area contributed by atoms with E-state index >= 15 is 0 Å². The highest BCUT2D eigenvalue weighted by Gasteiger charge is 2.28. The molecule has 1 amide bonds. The van der Waals surface area contributed by atoms with Gasteiger partial charge in [-0.05, 0) is 46.2 Å². The number of aryl methyl sites for hydroxylation is 2. The summed E-state index contributed by atoms with van der Waals surface area (Å²) in [5.74, 6) is 0.465. The summed E-state index contributed by atoms with van der Waals surface area (Å²) >= 11 is 1.74. The van der Waals surface area contributed by atoms with Crippen LogP contribution in [0.25, 0.3) is 0 Å². The minimum absolute atomic E-state index is 0.121. The summed E-state index contributed by atoms with van der Waals surface area (Å²) in [6, 6.07) is 0.121. The molecule has 1 aliphatic rings. The van der Waals surface area contributed by atoms with Crippen molar-refractivity contribution in [2.45, 2.75) is 46.1 Å². The third kappa shape index (κ3) is 3.20. The van der Waals surface area contributed by atoms with Gasteiger partial charge in [-0.15, -0.1) is 11.3 Å². The van der Waals surface area contributed by atoms with Gasteiger partial charge in [0.15, 0.2) is 0 Å². The zero-order valence-corrected chi connectivity index (χ0v) is 13.7. The van der Waals surface area contributed by atoms with E-state index in [1.807, 2.05) is 18.9 Å². The van der Waals surface area contributed by atoms with Crippen LogP contribution in [0.2, 0.25) is 0 Å². The molecular weight excluding hydrogens is 270 g/mol. The summed E-state index contributed by atoms with van der Waals surface area (Å²) in [4.78, 5) is 20.3. The normalized spacial score (nSPS) is 18.0. The molecule has 4 nitrogen and oxygen atoms in total. The molecule has 0 bridgehead atoms. The summed E-state index contributed by atoms with van der Waals surface area (Å²) in [6.07, 6.45) is 2.87. The number of amides is 1. The van der Waals surface area contributed by atoms with Crippen LogP contribution in [0, 0.1) is 12.8 Å². The van der Waals surface area contributed by atoms with Crippen LogP contribution in [-0.4, -0.2) is 35.9 Å². The topological polar surface area (TPSA) is 45.2 Å². The Bertz CT molecular complexity index is 466. The van der Waals surface area contributed by atoms with E-state index in [0.29, 0.717) is 0 Å². The van der Waals surface area contributed by atoms with Crippen LogP contribution >= 0.6 is 11.3 Å². The zero-order valence-electron chi connectivity index (χ0n) is 12.9. The minimum Gasteiger partial charge on any atom is -0.338 e. The number of hydrogen-bond acceptors (Lipinski definition) is 4. The quantitative estimate of drug-likeness (QED) is 0.928. The summed E-state index contributed by atoms with van der Waals surface area (Å²) in [6.45, 7) is 8.19. The number of thiazole rings is 1. The molecule has 0 spiro atoms. The number of hydrogen-bond donors (Lipinski definition) is 1. The largest absolute Gasteiger partial charge is 0.338 e. The van der Waals surface area contributed by atoms with Gasteiger partial charge in [-0.2, -0.15) is 0 Å². The van der Waals surface area contributed by atoms with E-state index < -0.39 is 0 Å². The van der Waals surface area contributed by atoms with E-state index in [9.17, 15) is 4.79 Å². The molecule has 1 aromatic rings. The van der Waals surface area contributed by atoms with Crippen molar-refractivity contribution in [3.05, 3.63) is 15.6 Å². The molecule has 112 valence electrons. The van der Waals surface area contributed by atoms with Crippen LogP contribution in [0.1, 0.15) is 48.3 Å². The highest BCUT2D eigenvalue weighted by atomic mass is 32.1. The van der Waals surface area contributed by atoms with E-state index in [-0.39, 0.29) is 17.9 Å². The first-order valence-corrected chi connectivity index (χ1v) is 8.29. The summed E-state index contributed by atoms with van der Waals surface area (Å²) in [7, 11) is 1.93. The molecule has 2 rings (SSSR count). The number of carbonyl (C=O) groups excluding carboxylic acids is 1. The SMILES string of the molecule is CCc1nc(C)c(C(C)N(C)C(=O)C2CCNCC2)s1. The molecule has 20 heavy (non-hydrogen) atoms. The molecule has 1 aromatic heterocycles. The maximum absolute atomic E-state index is 12.6. The van der Waals surface area contributed by atoms with Gasteiger partial charge in [0.1, 0.15) is 0 Å². The Morgan fingerprint density at radius 3 is 2.70 bits per heavy atom. The molecule has 1 saturated heterocycles. The lowest BCUT2D eigenvalue weighted by Gasteiger charge is -2.30. The van der Waals surface area contributed by atoms with Gasteiger partial charge in [0.25, 0.3) is 0 Å². The molecule has 5 heteroatoms. The number of nitrogens with zero attached hydrogens (tertiary/aromatic N) is 2. The van der Waals surface area contributed by atoms with E-state index in [2.05, 4.69) is 24.1 Å². The summed E-state index contributed by atoms with van der Waals surface area (Å²) in [5, 5.41) is 4.47. The molecule has 0 radical (unpaired) electrons. The van der Waals surface area contributed by atoms with Crippen molar-refractivity contribution in [3.63, 3.8) is 0 Å². The molecule has 1 fully saturated rings. The Kier molecular flexibility index (Phi) is 5.16. The number of piperidine rings is 1. The van der Waals surface area contributed by atoms with Gasteiger partial charge in [0.05, 0.1) is 16.7 Å². The minimum atomic E-state index is 0.121. The van der Waals surface area contributed by atoms with E-state index in [1.54, 1.807) is 11.3 Å². The average molecular weight is 295 g/mol. The highest BCUT2D eigenvalue weighted by molar-refractivity contribution is 7.11. The Hall–Kier alpha value is -0.940. The van der Waals surface area contributed by atoms with Crippen LogP contribution in [0.15, 0.2) is 0 Å². The van der Waals surface area contributed by atoms with Crippen LogP contribution in [0.5, 0.6) is 0 Å². The molecule has 0 saturated carbocycles. The standard InChI is InChI=1S/C15H25N3OS/c1-5-13-17-10(2)14(20-13)11(3)18(4)15(19)12-6-8-16-9-7-12/h11-12,16H,5-9H2,1-4H3. The lowest BCUT2D eigenvalue weighted by atomic mass is 9.96. The van der Waals surface area contributed by atoms with Crippen molar-refractivity contribution >= 4 is 17.2 Å². The summed E-state index contributed by atoms with van der Waals surface area (Å²) < 4.78 is 0. The first kappa shape index (κ1) is 15.4. The fourth-order valence-corrected chi connectivity index (χ4v) is 3.83. The van der Waals surface area contributed by atoms with Gasteiger partial charge >= 0.3 is 0 Å². The molecule has 2 heterocycles. The Labute approximate surface area is 125 Å². The lowest BCUT2D eigenvalue weighted by Crippen LogP contribution is -2.40. The van der Waals surface area contributed by atoms with Crippen LogP contribution in [0.3, 0.4) is 0 Å². The fraction of sp³-hybridized carbons (Fsp3) is 0.733. The van der Waals surface area contributed by atoms with Crippen molar-refractivity contribution in [2.24, 2.45) is 5.92 Å². The van der Waals surface area contributed by atoms with Crippen molar-refractivity contribution in [1.82, 2.24) is 15.2 Å². The second-order valence-electron chi connectivity index (χ2n) is 5.56. The molecule has 0 aromatic carbocycles. The van der Waals surface area contributed by atoms with Crippen molar-refractivity contribution in [3.8, 4) is 0 Å². The number of aromatic nitrogens is 1. The Balaban J connectivity index is 2.08. The van der Waals surface area contributed by atoms with E-state index in [4.69, 9.17) is 0 Å². The average Bonchev–Trinajstić information content (AvgIpc) is 2.87. The van der Waals surface area contributed by atoms with Crippen molar-refractivity contribution in [2.75, 3.05) is 20.1 Å². The molecule has 1 atom stereocenters. The molecule has 1 N–H and O–H groups in total. The van der Waals surface area contributed by atoms with Crippen molar-refractivity contribution < 1.29 is 4.79 Å². The second kappa shape index (κ2) is 6.68. The van der Waals surface area contributed by atoms with Gasteiger partial charge in [-0.3, -0.25) is 4.79 Å². The maximum atomic E-state index is 12.6. The van der Waals surface area contributed by atoms with Gasteiger partial charge in [-0.25, -0.2) is 4.98 Å². The Morgan fingerprint density at radius 2 is 2.15 bits per heavy atom. The van der Waals surface area contributed by atoms with Crippen LogP contribution < -0.4 is 5.32 Å². The number of carbonyl (C=O) groups is 1. The predicted molar refractivity (Wildman–Crippen MR) is 83.0 cm³/mol. The first-order valence-electron chi connectivity index (χ1n) is 7.48. The molecule has 0 aliphatic carbocycles. The van der Waals surface area contributed by atoms with E-state index in [1.165, 1.54) is 4.88 Å². The molecular formula is C15H25N3OS. The Morgan fingerprint density at radius 1 is 1.50 bits per heavy atom. The third-order valence-electron chi connectivity index (χ3n) is 4.18. The number of rotatable bonds is 4. The lowest BCUT2D eigenvalue weighted by molar-refractivity contribution is -0.136. The third-order valence-corrected chi connectivity index (χ3v) is 5.65. The first-order chi connectivity index (χ1) is 9.54. The van der Waals surface area contributed by atoms with Crippen LogP contribution in [-0.2, 0) is 11.2 Å². The van der Waals surface area contributed by atoms with Gasteiger partial charge in [0, 0.05) is 17.8 Å². The second-order valence-corrected chi connectivity index (χ2v) is 6.68. The zero-order chi connectivity index (χ0) is 14.7. The molecule has 1 aliphatic heterocycles. The smallest absolute Gasteiger partial charge is 0.226 e.